The van der Waals surface area contributed by atoms with Crippen LogP contribution in [0.15, 0.2) is 59.7 Å². The highest BCUT2D eigenvalue weighted by Gasteiger charge is 2.34. The summed E-state index contributed by atoms with van der Waals surface area (Å²) in [6.45, 7) is 4.34. The molecule has 162 valence electrons. The van der Waals surface area contributed by atoms with E-state index < -0.39 is 11.9 Å². The Balaban J connectivity index is 1.45. The number of nitrogens with zero attached hydrogens (tertiary/aromatic N) is 4. The average Bonchev–Trinajstić information content (AvgIpc) is 3.25. The van der Waals surface area contributed by atoms with Crippen LogP contribution in [-0.2, 0) is 16.1 Å². The quantitative estimate of drug-likeness (QED) is 0.732. The van der Waals surface area contributed by atoms with E-state index >= 15 is 0 Å². The molecular formula is C23H28N6O2. The number of anilines is 2. The largest absolute Gasteiger partial charge is 0.369 e. The third kappa shape index (κ3) is 4.69. The van der Waals surface area contributed by atoms with E-state index in [-0.39, 0.29) is 12.3 Å². The lowest BCUT2D eigenvalue weighted by Gasteiger charge is -2.35. The molecule has 2 heterocycles. The van der Waals surface area contributed by atoms with E-state index in [0.29, 0.717) is 12.3 Å². The molecule has 0 saturated carbocycles. The van der Waals surface area contributed by atoms with Gasteiger partial charge in [-0.15, -0.1) is 0 Å². The maximum atomic E-state index is 12.9. The van der Waals surface area contributed by atoms with Crippen molar-refractivity contribution in [3.63, 3.8) is 0 Å². The van der Waals surface area contributed by atoms with Crippen molar-refractivity contribution in [2.75, 3.05) is 43.1 Å². The van der Waals surface area contributed by atoms with Crippen LogP contribution < -0.4 is 21.0 Å². The van der Waals surface area contributed by atoms with Crippen molar-refractivity contribution in [3.8, 4) is 0 Å². The molecule has 4 rings (SSSR count). The molecular weight excluding hydrogens is 392 g/mol. The number of piperazine rings is 1. The van der Waals surface area contributed by atoms with Crippen LogP contribution in [0.5, 0.6) is 0 Å². The molecule has 2 aliphatic heterocycles. The average molecular weight is 421 g/mol. The van der Waals surface area contributed by atoms with Crippen LogP contribution in [0.25, 0.3) is 0 Å². The third-order valence-corrected chi connectivity index (χ3v) is 5.80. The van der Waals surface area contributed by atoms with Crippen molar-refractivity contribution >= 4 is 28.9 Å². The highest BCUT2D eigenvalue weighted by atomic mass is 16.2. The molecule has 0 radical (unpaired) electrons. The molecule has 2 aromatic carbocycles. The molecule has 8 nitrogen and oxygen atoms in total. The number of primary amides is 1. The highest BCUT2D eigenvalue weighted by Crippen LogP contribution is 2.25. The Morgan fingerprint density at radius 3 is 2.42 bits per heavy atom. The summed E-state index contributed by atoms with van der Waals surface area (Å²) in [5.41, 5.74) is 8.82. The standard InChI is InChI=1S/C23H28N6O2/c1-27-11-13-28(14-12-27)20-10-6-5-7-17(20)16-25-23(31)19-15-21(22(24)30)29(26-19)18-8-3-2-4-9-18/h2-10,21H,11-16H2,1H3,(H2,24,30)(H,25,31). The lowest BCUT2D eigenvalue weighted by atomic mass is 10.1. The van der Waals surface area contributed by atoms with Gasteiger partial charge in [0.1, 0.15) is 11.8 Å². The van der Waals surface area contributed by atoms with E-state index in [0.717, 1.165) is 43.1 Å². The van der Waals surface area contributed by atoms with Gasteiger partial charge in [-0.25, -0.2) is 0 Å². The van der Waals surface area contributed by atoms with Gasteiger partial charge in [-0.1, -0.05) is 36.4 Å². The topological polar surface area (TPSA) is 94.3 Å². The van der Waals surface area contributed by atoms with Crippen LogP contribution in [0.4, 0.5) is 11.4 Å². The van der Waals surface area contributed by atoms with Gasteiger partial charge < -0.3 is 20.9 Å². The van der Waals surface area contributed by atoms with Crippen LogP contribution in [0.3, 0.4) is 0 Å². The van der Waals surface area contributed by atoms with E-state index in [1.165, 1.54) is 5.01 Å². The number of hydrogen-bond acceptors (Lipinski definition) is 6. The summed E-state index contributed by atoms with van der Waals surface area (Å²) in [6, 6.07) is 16.7. The van der Waals surface area contributed by atoms with Crippen LogP contribution in [-0.4, -0.2) is 61.7 Å². The molecule has 2 aromatic rings. The number of rotatable bonds is 6. The molecule has 0 aromatic heterocycles. The molecule has 2 aliphatic rings. The third-order valence-electron chi connectivity index (χ3n) is 5.80. The predicted molar refractivity (Wildman–Crippen MR) is 122 cm³/mol. The smallest absolute Gasteiger partial charge is 0.267 e. The fraction of sp³-hybridized carbons (Fsp3) is 0.348. The van der Waals surface area contributed by atoms with Crippen LogP contribution >= 0.6 is 0 Å². The molecule has 1 saturated heterocycles. The molecule has 8 heteroatoms. The first-order valence-corrected chi connectivity index (χ1v) is 10.5. The Bertz CT molecular complexity index is 969. The van der Waals surface area contributed by atoms with E-state index in [4.69, 9.17) is 5.73 Å². The van der Waals surface area contributed by atoms with Gasteiger partial charge in [0.05, 0.1) is 5.69 Å². The Morgan fingerprint density at radius 2 is 1.71 bits per heavy atom. The van der Waals surface area contributed by atoms with E-state index in [9.17, 15) is 9.59 Å². The molecule has 31 heavy (non-hydrogen) atoms. The van der Waals surface area contributed by atoms with Crippen molar-refractivity contribution < 1.29 is 9.59 Å². The van der Waals surface area contributed by atoms with Gasteiger partial charge in [-0.2, -0.15) is 5.10 Å². The van der Waals surface area contributed by atoms with Gasteiger partial charge in [-0.05, 0) is 30.8 Å². The first-order valence-electron chi connectivity index (χ1n) is 10.5. The van der Waals surface area contributed by atoms with Crippen LogP contribution in [0, 0.1) is 0 Å². The minimum atomic E-state index is -0.666. The van der Waals surface area contributed by atoms with Gasteiger partial charge >= 0.3 is 0 Å². The van der Waals surface area contributed by atoms with Crippen LogP contribution in [0.1, 0.15) is 12.0 Å². The first-order chi connectivity index (χ1) is 15.0. The number of hydrogen-bond donors (Lipinski definition) is 2. The number of amides is 2. The second-order valence-corrected chi connectivity index (χ2v) is 7.95. The molecule has 1 fully saturated rings. The SMILES string of the molecule is CN1CCN(c2ccccc2CNC(=O)C2=NN(c3ccccc3)C(C(N)=O)C2)CC1. The van der Waals surface area contributed by atoms with Crippen molar-refractivity contribution in [2.24, 2.45) is 10.8 Å². The molecule has 0 spiro atoms. The van der Waals surface area contributed by atoms with Crippen molar-refractivity contribution in [2.45, 2.75) is 19.0 Å². The van der Waals surface area contributed by atoms with Crippen molar-refractivity contribution in [1.82, 2.24) is 10.2 Å². The number of benzene rings is 2. The summed E-state index contributed by atoms with van der Waals surface area (Å²) < 4.78 is 0. The van der Waals surface area contributed by atoms with Gasteiger partial charge in [0.15, 0.2) is 0 Å². The monoisotopic (exact) mass is 420 g/mol. The summed E-state index contributed by atoms with van der Waals surface area (Å²) in [6.07, 6.45) is 0.191. The number of nitrogens with two attached hydrogens (primary N) is 1. The maximum absolute atomic E-state index is 12.9. The summed E-state index contributed by atoms with van der Waals surface area (Å²) in [7, 11) is 2.13. The summed E-state index contributed by atoms with van der Waals surface area (Å²) in [5, 5.41) is 8.93. The second kappa shape index (κ2) is 9.18. The maximum Gasteiger partial charge on any atom is 0.267 e. The fourth-order valence-corrected chi connectivity index (χ4v) is 3.98. The molecule has 0 bridgehead atoms. The van der Waals surface area contributed by atoms with Crippen molar-refractivity contribution in [3.05, 3.63) is 60.2 Å². The molecule has 3 N–H and O–H groups in total. The normalized spacial score (nSPS) is 19.3. The summed E-state index contributed by atoms with van der Waals surface area (Å²) in [5.74, 6) is -0.784. The second-order valence-electron chi connectivity index (χ2n) is 7.95. The zero-order valence-electron chi connectivity index (χ0n) is 17.7. The van der Waals surface area contributed by atoms with E-state index in [2.05, 4.69) is 33.3 Å². The van der Waals surface area contributed by atoms with E-state index in [1.54, 1.807) is 0 Å². The number of likely N-dealkylation sites (N-methyl/N-ethyl adjacent to an activating group) is 1. The predicted octanol–water partition coefficient (Wildman–Crippen LogP) is 1.17. The summed E-state index contributed by atoms with van der Waals surface area (Å²) in [4.78, 5) is 29.5. The van der Waals surface area contributed by atoms with Crippen LogP contribution in [0.2, 0.25) is 0 Å². The van der Waals surface area contributed by atoms with Gasteiger partial charge in [-0.3, -0.25) is 14.6 Å². The fourth-order valence-electron chi connectivity index (χ4n) is 3.98. The van der Waals surface area contributed by atoms with E-state index in [1.807, 2.05) is 48.5 Å². The Kier molecular flexibility index (Phi) is 6.18. The number of carbonyl (C=O) groups excluding carboxylic acids is 2. The number of nitrogens with one attached hydrogen (secondary N) is 1. The Morgan fingerprint density at radius 1 is 1.03 bits per heavy atom. The zero-order chi connectivity index (χ0) is 21.8. The molecule has 2 amide bonds. The highest BCUT2D eigenvalue weighted by molar-refractivity contribution is 6.40. The molecule has 0 aliphatic carbocycles. The van der Waals surface area contributed by atoms with Gasteiger partial charge in [0.25, 0.3) is 5.91 Å². The Hall–Kier alpha value is -3.39. The molecule has 1 unspecified atom stereocenters. The van der Waals surface area contributed by atoms with Crippen molar-refractivity contribution in [1.29, 1.82) is 0 Å². The zero-order valence-corrected chi connectivity index (χ0v) is 17.7. The number of hydrazone groups is 1. The lowest BCUT2D eigenvalue weighted by molar-refractivity contribution is -0.119. The molecule has 1 atom stereocenters. The lowest BCUT2D eigenvalue weighted by Crippen LogP contribution is -2.45. The summed E-state index contributed by atoms with van der Waals surface area (Å²) >= 11 is 0. The Labute approximate surface area is 182 Å². The number of para-hydroxylation sites is 2. The van der Waals surface area contributed by atoms with Gasteiger partial charge in [0.2, 0.25) is 5.91 Å². The minimum absolute atomic E-state index is 0.191. The number of carbonyl (C=O) groups is 2. The van der Waals surface area contributed by atoms with Gasteiger partial charge in [0, 0.05) is 44.8 Å². The minimum Gasteiger partial charge on any atom is -0.369 e. The first kappa shape index (κ1) is 20.9.